The van der Waals surface area contributed by atoms with Crippen LogP contribution in [0.5, 0.6) is 0 Å². The van der Waals surface area contributed by atoms with Crippen molar-refractivity contribution in [3.05, 3.63) is 65.9 Å². The van der Waals surface area contributed by atoms with Gasteiger partial charge in [-0.05, 0) is 51.3 Å². The molecule has 3 rings (SSSR count). The number of para-hydroxylation sites is 1. The molecule has 0 radical (unpaired) electrons. The van der Waals surface area contributed by atoms with Crippen LogP contribution in [0.15, 0.2) is 54.6 Å². The highest BCUT2D eigenvalue weighted by molar-refractivity contribution is 5.98. The lowest BCUT2D eigenvalue weighted by Crippen LogP contribution is -2.42. The lowest BCUT2D eigenvalue weighted by atomic mass is 10.1. The van der Waals surface area contributed by atoms with Gasteiger partial charge in [-0.25, -0.2) is 4.68 Å². The minimum atomic E-state index is -0.225. The maximum Gasteiger partial charge on any atom is 0.245 e. The second-order valence-electron chi connectivity index (χ2n) is 10.1. The quantitative estimate of drug-likeness (QED) is 0.254. The number of aromatic nitrogens is 2. The molecule has 198 valence electrons. The largest absolute Gasteiger partial charge is 0.331 e. The molecule has 0 aliphatic rings. The minimum Gasteiger partial charge on any atom is -0.331 e. The Bertz CT molecular complexity index is 1170. The van der Waals surface area contributed by atoms with Crippen molar-refractivity contribution in [2.45, 2.75) is 85.6 Å². The van der Waals surface area contributed by atoms with Crippen molar-refractivity contribution >= 4 is 17.6 Å². The Labute approximate surface area is 222 Å². The second kappa shape index (κ2) is 13.8. The molecular weight excluding hydrogens is 460 g/mol. The molecule has 0 fully saturated rings. The molecule has 2 amide bonds. The fourth-order valence-corrected chi connectivity index (χ4v) is 4.65. The number of carbonyl (C=O) groups is 2. The van der Waals surface area contributed by atoms with E-state index >= 15 is 0 Å². The molecule has 0 aliphatic heterocycles. The second-order valence-corrected chi connectivity index (χ2v) is 10.1. The lowest BCUT2D eigenvalue weighted by molar-refractivity contribution is -0.136. The van der Waals surface area contributed by atoms with E-state index < -0.39 is 0 Å². The van der Waals surface area contributed by atoms with Gasteiger partial charge in [0.1, 0.15) is 12.4 Å². The Hall–Kier alpha value is -3.41. The third kappa shape index (κ3) is 7.54. The van der Waals surface area contributed by atoms with Gasteiger partial charge in [0, 0.05) is 18.0 Å². The molecule has 3 aromatic rings. The van der Waals surface area contributed by atoms with Crippen molar-refractivity contribution in [3.8, 4) is 16.8 Å². The zero-order valence-electron chi connectivity index (χ0n) is 23.1. The van der Waals surface area contributed by atoms with Gasteiger partial charge < -0.3 is 10.2 Å². The van der Waals surface area contributed by atoms with E-state index in [1.165, 1.54) is 19.3 Å². The SMILES string of the molecule is CCCCCCCCC(=O)N(CC(=O)Nc1c(-c2ccccc2)c(C)nn1-c1ccccc1C)C(C)C. The molecule has 6 nitrogen and oxygen atoms in total. The zero-order chi connectivity index (χ0) is 26.8. The van der Waals surface area contributed by atoms with Crippen molar-refractivity contribution in [1.29, 1.82) is 0 Å². The van der Waals surface area contributed by atoms with E-state index in [9.17, 15) is 9.59 Å². The lowest BCUT2D eigenvalue weighted by Gasteiger charge is -2.26. The molecule has 1 aromatic heterocycles. The van der Waals surface area contributed by atoms with Crippen LogP contribution in [0.3, 0.4) is 0 Å². The van der Waals surface area contributed by atoms with E-state index in [0.29, 0.717) is 12.2 Å². The molecule has 0 aliphatic carbocycles. The van der Waals surface area contributed by atoms with Gasteiger partial charge in [-0.3, -0.25) is 9.59 Å². The van der Waals surface area contributed by atoms with Crippen molar-refractivity contribution in [2.75, 3.05) is 11.9 Å². The van der Waals surface area contributed by atoms with Gasteiger partial charge in [-0.15, -0.1) is 0 Å². The number of anilines is 1. The Balaban J connectivity index is 1.82. The first kappa shape index (κ1) is 28.2. The molecule has 0 atom stereocenters. The molecule has 0 spiro atoms. The number of aryl methyl sites for hydroxylation is 2. The molecule has 0 unspecified atom stereocenters. The molecule has 1 heterocycles. The summed E-state index contributed by atoms with van der Waals surface area (Å²) in [5, 5.41) is 7.94. The molecule has 0 saturated carbocycles. The summed E-state index contributed by atoms with van der Waals surface area (Å²) in [6.45, 7) is 10.1. The molecule has 37 heavy (non-hydrogen) atoms. The average molecular weight is 503 g/mol. The highest BCUT2D eigenvalue weighted by Gasteiger charge is 2.24. The number of nitrogens with one attached hydrogen (secondary N) is 1. The van der Waals surface area contributed by atoms with E-state index in [1.807, 2.05) is 87.0 Å². The Kier molecular flexibility index (Phi) is 10.5. The van der Waals surface area contributed by atoms with Crippen LogP contribution in [0, 0.1) is 13.8 Å². The number of unbranched alkanes of at least 4 members (excludes halogenated alkanes) is 5. The van der Waals surface area contributed by atoms with Gasteiger partial charge in [0.05, 0.1) is 11.4 Å². The maximum atomic E-state index is 13.4. The van der Waals surface area contributed by atoms with Crippen molar-refractivity contribution < 1.29 is 9.59 Å². The van der Waals surface area contributed by atoms with Gasteiger partial charge in [0.15, 0.2) is 0 Å². The first-order valence-corrected chi connectivity index (χ1v) is 13.6. The summed E-state index contributed by atoms with van der Waals surface area (Å²) in [5.74, 6) is 0.430. The predicted molar refractivity (Wildman–Crippen MR) is 152 cm³/mol. The molecule has 1 N–H and O–H groups in total. The van der Waals surface area contributed by atoms with Gasteiger partial charge in [0.25, 0.3) is 0 Å². The number of benzene rings is 2. The molecule has 0 bridgehead atoms. The fourth-order valence-electron chi connectivity index (χ4n) is 4.65. The summed E-state index contributed by atoms with van der Waals surface area (Å²) >= 11 is 0. The summed E-state index contributed by atoms with van der Waals surface area (Å²) in [7, 11) is 0. The van der Waals surface area contributed by atoms with Crippen molar-refractivity contribution in [3.63, 3.8) is 0 Å². The van der Waals surface area contributed by atoms with Crippen LogP contribution in [-0.4, -0.2) is 39.1 Å². The number of amides is 2. The number of carbonyl (C=O) groups excluding carboxylic acids is 2. The van der Waals surface area contributed by atoms with Crippen molar-refractivity contribution in [1.82, 2.24) is 14.7 Å². The zero-order valence-corrected chi connectivity index (χ0v) is 23.1. The summed E-state index contributed by atoms with van der Waals surface area (Å²) in [5.41, 5.74) is 4.65. The van der Waals surface area contributed by atoms with Gasteiger partial charge in [-0.1, -0.05) is 87.6 Å². The minimum absolute atomic E-state index is 0.0125. The molecule has 0 saturated heterocycles. The highest BCUT2D eigenvalue weighted by Crippen LogP contribution is 2.34. The summed E-state index contributed by atoms with van der Waals surface area (Å²) in [6.07, 6.45) is 7.24. The molecular formula is C31H42N4O2. The van der Waals surface area contributed by atoms with Gasteiger partial charge in [-0.2, -0.15) is 5.10 Å². The molecule has 2 aromatic carbocycles. The standard InChI is InChI=1S/C31H42N4O2/c1-6-7-8-9-10-14-21-29(37)34(23(2)3)22-28(36)32-31-30(26-18-12-11-13-19-26)25(5)33-35(31)27-20-16-15-17-24(27)4/h11-13,15-20,23H,6-10,14,21-22H2,1-5H3,(H,32,36). The van der Waals surface area contributed by atoms with E-state index in [2.05, 4.69) is 12.2 Å². The third-order valence-corrected chi connectivity index (χ3v) is 6.73. The predicted octanol–water partition coefficient (Wildman–Crippen LogP) is 7.08. The van der Waals surface area contributed by atoms with Crippen molar-refractivity contribution in [2.24, 2.45) is 0 Å². The Morgan fingerprint density at radius 3 is 2.24 bits per heavy atom. The highest BCUT2D eigenvalue weighted by atomic mass is 16.2. The molecule has 6 heteroatoms. The van der Waals surface area contributed by atoms with E-state index in [4.69, 9.17) is 5.10 Å². The van der Waals surface area contributed by atoms with Crippen LogP contribution in [-0.2, 0) is 9.59 Å². The number of nitrogens with zero attached hydrogens (tertiary/aromatic N) is 3. The smallest absolute Gasteiger partial charge is 0.245 e. The first-order chi connectivity index (χ1) is 17.8. The van der Waals surface area contributed by atoms with Crippen LogP contribution in [0.4, 0.5) is 5.82 Å². The summed E-state index contributed by atoms with van der Waals surface area (Å²) < 4.78 is 1.81. The normalized spacial score (nSPS) is 11.1. The van der Waals surface area contributed by atoms with Gasteiger partial charge >= 0.3 is 0 Å². The van der Waals surface area contributed by atoms with E-state index in [0.717, 1.165) is 47.3 Å². The fraction of sp³-hybridized carbons (Fsp3) is 0.452. The first-order valence-electron chi connectivity index (χ1n) is 13.6. The number of rotatable bonds is 13. The van der Waals surface area contributed by atoms with Crippen LogP contribution < -0.4 is 5.32 Å². The third-order valence-electron chi connectivity index (χ3n) is 6.73. The van der Waals surface area contributed by atoms with Crippen LogP contribution in [0.25, 0.3) is 16.8 Å². The topological polar surface area (TPSA) is 67.2 Å². The monoisotopic (exact) mass is 502 g/mol. The van der Waals surface area contributed by atoms with E-state index in [1.54, 1.807) is 4.90 Å². The number of hydrogen-bond acceptors (Lipinski definition) is 3. The van der Waals surface area contributed by atoms with Gasteiger partial charge in [0.2, 0.25) is 11.8 Å². The Morgan fingerprint density at radius 1 is 0.919 bits per heavy atom. The van der Waals surface area contributed by atoms with E-state index in [-0.39, 0.29) is 24.4 Å². The average Bonchev–Trinajstić information content (AvgIpc) is 3.20. The Morgan fingerprint density at radius 2 is 1.57 bits per heavy atom. The maximum absolute atomic E-state index is 13.4. The summed E-state index contributed by atoms with van der Waals surface area (Å²) in [4.78, 5) is 28.1. The van der Waals surface area contributed by atoms with Crippen LogP contribution >= 0.6 is 0 Å². The van der Waals surface area contributed by atoms with Crippen LogP contribution in [0.2, 0.25) is 0 Å². The number of hydrogen-bond donors (Lipinski definition) is 1. The summed E-state index contributed by atoms with van der Waals surface area (Å²) in [6, 6.07) is 17.9. The van der Waals surface area contributed by atoms with Crippen LogP contribution in [0.1, 0.15) is 77.0 Å².